The summed E-state index contributed by atoms with van der Waals surface area (Å²) >= 11 is 1.75. The van der Waals surface area contributed by atoms with Gasteiger partial charge in [-0.15, -0.1) is 10.2 Å². The first kappa shape index (κ1) is 16.6. The number of thiophene rings is 1. The zero-order valence-electron chi connectivity index (χ0n) is 14.9. The molecule has 2 aromatic heterocycles. The minimum Gasteiger partial charge on any atom is -0.319 e. The summed E-state index contributed by atoms with van der Waals surface area (Å²) in [6.07, 6.45) is 0.899. The lowest BCUT2D eigenvalue weighted by atomic mass is 9.89. The molecule has 0 saturated carbocycles. The van der Waals surface area contributed by atoms with E-state index in [1.54, 1.807) is 11.3 Å². The SMILES string of the molecule is O=C(Nc1ccccc1)c1nnc2n1CC1CN(Cc3ccsc3)CC1C2. The molecule has 0 radical (unpaired) electrons. The van der Waals surface area contributed by atoms with Crippen molar-refractivity contribution in [3.05, 3.63) is 64.4 Å². The van der Waals surface area contributed by atoms with Gasteiger partial charge in [0.1, 0.15) is 5.82 Å². The fourth-order valence-electron chi connectivity index (χ4n) is 4.27. The van der Waals surface area contributed by atoms with Gasteiger partial charge in [-0.25, -0.2) is 0 Å². The van der Waals surface area contributed by atoms with E-state index in [0.717, 1.165) is 44.1 Å². The number of nitrogens with one attached hydrogen (secondary N) is 1. The molecule has 2 aliphatic heterocycles. The molecule has 4 heterocycles. The zero-order valence-corrected chi connectivity index (χ0v) is 15.7. The molecule has 1 N–H and O–H groups in total. The highest BCUT2D eigenvalue weighted by atomic mass is 32.1. The van der Waals surface area contributed by atoms with Crippen LogP contribution in [-0.4, -0.2) is 38.7 Å². The first-order valence-electron chi connectivity index (χ1n) is 9.28. The molecule has 7 heteroatoms. The fraction of sp³-hybridized carbons (Fsp3) is 0.350. The summed E-state index contributed by atoms with van der Waals surface area (Å²) < 4.78 is 2.02. The maximum Gasteiger partial charge on any atom is 0.293 e. The Morgan fingerprint density at radius 3 is 2.78 bits per heavy atom. The summed E-state index contributed by atoms with van der Waals surface area (Å²) in [4.78, 5) is 15.2. The van der Waals surface area contributed by atoms with Crippen LogP contribution in [0.3, 0.4) is 0 Å². The lowest BCUT2D eigenvalue weighted by Gasteiger charge is -2.25. The zero-order chi connectivity index (χ0) is 18.2. The van der Waals surface area contributed by atoms with Crippen LogP contribution >= 0.6 is 11.3 Å². The van der Waals surface area contributed by atoms with Gasteiger partial charge in [-0.1, -0.05) is 18.2 Å². The second-order valence-electron chi connectivity index (χ2n) is 7.42. The van der Waals surface area contributed by atoms with Crippen LogP contribution in [0.2, 0.25) is 0 Å². The van der Waals surface area contributed by atoms with Gasteiger partial charge in [0.15, 0.2) is 0 Å². The molecule has 0 aliphatic carbocycles. The van der Waals surface area contributed by atoms with Gasteiger partial charge in [0.2, 0.25) is 5.82 Å². The second-order valence-corrected chi connectivity index (χ2v) is 8.20. The van der Waals surface area contributed by atoms with Crippen LogP contribution in [0, 0.1) is 11.8 Å². The topological polar surface area (TPSA) is 63.1 Å². The van der Waals surface area contributed by atoms with Crippen LogP contribution in [0.15, 0.2) is 47.2 Å². The smallest absolute Gasteiger partial charge is 0.293 e. The van der Waals surface area contributed by atoms with Crippen molar-refractivity contribution in [1.29, 1.82) is 0 Å². The van der Waals surface area contributed by atoms with Crippen LogP contribution < -0.4 is 5.32 Å². The number of rotatable bonds is 4. The van der Waals surface area contributed by atoms with E-state index in [9.17, 15) is 4.79 Å². The van der Waals surface area contributed by atoms with Crippen molar-refractivity contribution in [2.75, 3.05) is 18.4 Å². The van der Waals surface area contributed by atoms with Crippen LogP contribution in [0.4, 0.5) is 5.69 Å². The summed E-state index contributed by atoms with van der Waals surface area (Å²) in [5.74, 6) is 2.32. The quantitative estimate of drug-likeness (QED) is 0.757. The number of fused-ring (bicyclic) bond motifs is 2. The average Bonchev–Trinajstić information content (AvgIpc) is 3.40. The molecule has 1 amide bonds. The Labute approximate surface area is 161 Å². The van der Waals surface area contributed by atoms with Crippen molar-refractivity contribution in [1.82, 2.24) is 19.7 Å². The van der Waals surface area contributed by atoms with Gasteiger partial charge in [0.25, 0.3) is 5.91 Å². The van der Waals surface area contributed by atoms with E-state index in [4.69, 9.17) is 0 Å². The summed E-state index contributed by atoms with van der Waals surface area (Å²) in [6, 6.07) is 11.7. The average molecular weight is 379 g/mol. The highest BCUT2D eigenvalue weighted by Gasteiger charge is 2.39. The third-order valence-corrected chi connectivity index (χ3v) is 6.29. The predicted octanol–water partition coefficient (Wildman–Crippen LogP) is 2.90. The minimum atomic E-state index is -0.188. The normalized spacial score (nSPS) is 21.6. The molecule has 6 nitrogen and oxygen atoms in total. The van der Waals surface area contributed by atoms with E-state index in [0.29, 0.717) is 17.7 Å². The largest absolute Gasteiger partial charge is 0.319 e. The van der Waals surface area contributed by atoms with E-state index in [2.05, 4.69) is 37.2 Å². The van der Waals surface area contributed by atoms with E-state index in [-0.39, 0.29) is 5.91 Å². The minimum absolute atomic E-state index is 0.188. The van der Waals surface area contributed by atoms with Crippen LogP contribution in [-0.2, 0) is 19.5 Å². The molecule has 1 saturated heterocycles. The molecule has 138 valence electrons. The molecule has 2 unspecified atom stereocenters. The molecule has 0 bridgehead atoms. The molecule has 1 aromatic carbocycles. The summed E-state index contributed by atoms with van der Waals surface area (Å²) in [6.45, 7) is 4.00. The van der Waals surface area contributed by atoms with E-state index in [1.165, 1.54) is 5.56 Å². The van der Waals surface area contributed by atoms with Crippen molar-refractivity contribution < 1.29 is 4.79 Å². The number of para-hydroxylation sites is 1. The highest BCUT2D eigenvalue weighted by Crippen LogP contribution is 2.33. The number of anilines is 1. The summed E-state index contributed by atoms with van der Waals surface area (Å²) in [5.41, 5.74) is 2.16. The van der Waals surface area contributed by atoms with Gasteiger partial charge in [-0.05, 0) is 46.4 Å². The molecule has 5 rings (SSSR count). The number of carbonyl (C=O) groups excluding carboxylic acids is 1. The van der Waals surface area contributed by atoms with Crippen molar-refractivity contribution in [2.45, 2.75) is 19.5 Å². The summed E-state index contributed by atoms with van der Waals surface area (Å²) in [7, 11) is 0. The first-order valence-corrected chi connectivity index (χ1v) is 10.2. The molecular formula is C20H21N5OS. The summed E-state index contributed by atoms with van der Waals surface area (Å²) in [5, 5.41) is 15.8. The van der Waals surface area contributed by atoms with Crippen LogP contribution in [0.25, 0.3) is 0 Å². The maximum absolute atomic E-state index is 12.7. The van der Waals surface area contributed by atoms with Gasteiger partial charge >= 0.3 is 0 Å². The number of benzene rings is 1. The van der Waals surface area contributed by atoms with Gasteiger partial charge in [0.05, 0.1) is 0 Å². The highest BCUT2D eigenvalue weighted by molar-refractivity contribution is 7.07. The number of amides is 1. The van der Waals surface area contributed by atoms with Gasteiger partial charge in [-0.2, -0.15) is 11.3 Å². The molecule has 27 heavy (non-hydrogen) atoms. The van der Waals surface area contributed by atoms with Gasteiger partial charge < -0.3 is 9.88 Å². The lowest BCUT2D eigenvalue weighted by Crippen LogP contribution is -2.31. The predicted molar refractivity (Wildman–Crippen MR) is 105 cm³/mol. The van der Waals surface area contributed by atoms with Crippen LogP contribution in [0.5, 0.6) is 0 Å². The van der Waals surface area contributed by atoms with Gasteiger partial charge in [-0.3, -0.25) is 9.69 Å². The van der Waals surface area contributed by atoms with Crippen LogP contribution in [0.1, 0.15) is 22.0 Å². The molecule has 0 spiro atoms. The van der Waals surface area contributed by atoms with Gasteiger partial charge in [0, 0.05) is 38.3 Å². The Hall–Kier alpha value is -2.51. The second kappa shape index (κ2) is 6.90. The Balaban J connectivity index is 1.30. The number of nitrogens with zero attached hydrogens (tertiary/aromatic N) is 4. The molecule has 3 aromatic rings. The van der Waals surface area contributed by atoms with Crippen molar-refractivity contribution >= 4 is 22.9 Å². The number of hydrogen-bond donors (Lipinski definition) is 1. The van der Waals surface area contributed by atoms with E-state index < -0.39 is 0 Å². The number of likely N-dealkylation sites (tertiary alicyclic amines) is 1. The number of aromatic nitrogens is 3. The third-order valence-electron chi connectivity index (χ3n) is 5.56. The Morgan fingerprint density at radius 2 is 1.96 bits per heavy atom. The molecule has 2 atom stereocenters. The maximum atomic E-state index is 12.7. The Morgan fingerprint density at radius 1 is 1.11 bits per heavy atom. The Bertz CT molecular complexity index is 937. The Kier molecular flexibility index (Phi) is 4.26. The van der Waals surface area contributed by atoms with E-state index >= 15 is 0 Å². The first-order chi connectivity index (χ1) is 13.3. The molecular weight excluding hydrogens is 358 g/mol. The van der Waals surface area contributed by atoms with Crippen molar-refractivity contribution in [3.63, 3.8) is 0 Å². The standard InChI is InChI=1S/C20H21N5OS/c26-20(21-17-4-2-1-3-5-17)19-23-22-18-8-15-10-24(9-14-6-7-27-13-14)11-16(15)12-25(18)19/h1-7,13,15-16H,8-12H2,(H,21,26). The third kappa shape index (κ3) is 3.28. The molecule has 1 fully saturated rings. The van der Waals surface area contributed by atoms with Crippen molar-refractivity contribution in [2.24, 2.45) is 11.8 Å². The monoisotopic (exact) mass is 379 g/mol. The fourth-order valence-corrected chi connectivity index (χ4v) is 4.93. The molecule has 2 aliphatic rings. The lowest BCUT2D eigenvalue weighted by molar-refractivity contribution is 0.100. The van der Waals surface area contributed by atoms with Crippen molar-refractivity contribution in [3.8, 4) is 0 Å². The number of carbonyl (C=O) groups is 1. The van der Waals surface area contributed by atoms with E-state index in [1.807, 2.05) is 34.9 Å². The number of hydrogen-bond acceptors (Lipinski definition) is 5.